The van der Waals surface area contributed by atoms with Gasteiger partial charge in [0, 0.05) is 24.3 Å². The van der Waals surface area contributed by atoms with Crippen molar-refractivity contribution < 1.29 is 4.92 Å². The average molecular weight is 266 g/mol. The van der Waals surface area contributed by atoms with Crippen LogP contribution in [0, 0.1) is 23.0 Å². The summed E-state index contributed by atoms with van der Waals surface area (Å²) in [5.41, 5.74) is 0.787. The third-order valence-electron chi connectivity index (χ3n) is 2.90. The molecule has 1 aromatic heterocycles. The van der Waals surface area contributed by atoms with Crippen molar-refractivity contribution in [2.45, 2.75) is 26.8 Å². The van der Waals surface area contributed by atoms with Gasteiger partial charge in [0.05, 0.1) is 4.92 Å². The lowest BCUT2D eigenvalue weighted by atomic mass is 10.0. The fraction of sp³-hybridized carbons (Fsp3) is 0.615. The van der Waals surface area contributed by atoms with Crippen LogP contribution in [0.3, 0.4) is 0 Å². The quantitative estimate of drug-likeness (QED) is 0.632. The van der Waals surface area contributed by atoms with Crippen molar-refractivity contribution >= 4 is 11.5 Å². The van der Waals surface area contributed by atoms with E-state index in [0.717, 1.165) is 12.2 Å². The molecule has 0 bridgehead atoms. The van der Waals surface area contributed by atoms with E-state index in [9.17, 15) is 10.1 Å². The summed E-state index contributed by atoms with van der Waals surface area (Å²) in [7, 11) is 3.96. The van der Waals surface area contributed by atoms with Crippen molar-refractivity contribution in [2.24, 2.45) is 5.92 Å². The Bertz CT molecular complexity index is 446. The Morgan fingerprint density at radius 3 is 2.53 bits per heavy atom. The number of pyridine rings is 1. The monoisotopic (exact) mass is 266 g/mol. The van der Waals surface area contributed by atoms with Crippen LogP contribution in [-0.2, 0) is 0 Å². The SMILES string of the molecule is Cc1ccc([N+](=O)[O-])c(NC(CN(C)C)C(C)C)n1. The molecular formula is C13H22N4O2. The maximum atomic E-state index is 11.0. The van der Waals surface area contributed by atoms with Crippen LogP contribution in [0.1, 0.15) is 19.5 Å². The predicted octanol–water partition coefficient (Wildman–Crippen LogP) is 2.30. The van der Waals surface area contributed by atoms with Crippen molar-refractivity contribution in [3.8, 4) is 0 Å². The number of nitro groups is 1. The average Bonchev–Trinajstić information content (AvgIpc) is 2.26. The zero-order valence-electron chi connectivity index (χ0n) is 12.2. The molecule has 0 aromatic carbocycles. The van der Waals surface area contributed by atoms with Gasteiger partial charge in [0.15, 0.2) is 0 Å². The normalized spacial score (nSPS) is 12.8. The van der Waals surface area contributed by atoms with Gasteiger partial charge in [0.2, 0.25) is 5.82 Å². The Kier molecular flexibility index (Phi) is 5.23. The number of aryl methyl sites for hydroxylation is 1. The van der Waals surface area contributed by atoms with E-state index < -0.39 is 4.92 Å². The number of nitrogens with one attached hydrogen (secondary N) is 1. The molecule has 19 heavy (non-hydrogen) atoms. The molecule has 1 unspecified atom stereocenters. The van der Waals surface area contributed by atoms with E-state index in [1.165, 1.54) is 6.07 Å². The van der Waals surface area contributed by atoms with E-state index in [-0.39, 0.29) is 11.7 Å². The van der Waals surface area contributed by atoms with Crippen LogP contribution in [0.25, 0.3) is 0 Å². The molecule has 0 aliphatic heterocycles. The van der Waals surface area contributed by atoms with Gasteiger partial charge in [-0.2, -0.15) is 0 Å². The first-order valence-electron chi connectivity index (χ1n) is 6.34. The first-order valence-corrected chi connectivity index (χ1v) is 6.34. The molecule has 0 amide bonds. The predicted molar refractivity (Wildman–Crippen MR) is 76.4 cm³/mol. The summed E-state index contributed by atoms with van der Waals surface area (Å²) in [4.78, 5) is 16.9. The molecule has 0 aliphatic rings. The van der Waals surface area contributed by atoms with Crippen molar-refractivity contribution in [3.05, 3.63) is 27.9 Å². The van der Waals surface area contributed by atoms with Crippen LogP contribution in [0.5, 0.6) is 0 Å². The summed E-state index contributed by atoms with van der Waals surface area (Å²) in [6, 6.07) is 3.26. The third-order valence-corrected chi connectivity index (χ3v) is 2.90. The lowest BCUT2D eigenvalue weighted by molar-refractivity contribution is -0.384. The van der Waals surface area contributed by atoms with Gasteiger partial charge in [-0.25, -0.2) is 4.98 Å². The highest BCUT2D eigenvalue weighted by Gasteiger charge is 2.21. The van der Waals surface area contributed by atoms with E-state index in [1.54, 1.807) is 6.07 Å². The standard InChI is InChI=1S/C13H22N4O2/c1-9(2)11(8-16(4)5)15-13-12(17(18)19)7-6-10(3)14-13/h6-7,9,11H,8H2,1-5H3,(H,14,15). The van der Waals surface area contributed by atoms with Crippen molar-refractivity contribution in [1.82, 2.24) is 9.88 Å². The van der Waals surface area contributed by atoms with Gasteiger partial charge in [-0.1, -0.05) is 13.8 Å². The number of rotatable bonds is 6. The zero-order valence-corrected chi connectivity index (χ0v) is 12.2. The Morgan fingerprint density at radius 2 is 2.05 bits per heavy atom. The van der Waals surface area contributed by atoms with E-state index in [2.05, 4.69) is 29.0 Å². The molecule has 0 radical (unpaired) electrons. The lowest BCUT2D eigenvalue weighted by Crippen LogP contribution is -2.36. The van der Waals surface area contributed by atoms with E-state index in [4.69, 9.17) is 0 Å². The van der Waals surface area contributed by atoms with Gasteiger partial charge >= 0.3 is 5.69 Å². The number of anilines is 1. The van der Waals surface area contributed by atoms with Crippen molar-refractivity contribution in [2.75, 3.05) is 26.0 Å². The maximum Gasteiger partial charge on any atom is 0.311 e. The summed E-state index contributed by atoms with van der Waals surface area (Å²) in [6.07, 6.45) is 0. The molecule has 0 saturated carbocycles. The maximum absolute atomic E-state index is 11.0. The second-order valence-electron chi connectivity index (χ2n) is 5.33. The summed E-state index contributed by atoms with van der Waals surface area (Å²) < 4.78 is 0. The zero-order chi connectivity index (χ0) is 14.6. The number of hydrogen-bond acceptors (Lipinski definition) is 5. The van der Waals surface area contributed by atoms with Crippen LogP contribution in [-0.4, -0.2) is 41.5 Å². The number of aromatic nitrogens is 1. The minimum Gasteiger partial charge on any atom is -0.360 e. The molecule has 1 N–H and O–H groups in total. The summed E-state index contributed by atoms with van der Waals surface area (Å²) >= 11 is 0. The second-order valence-corrected chi connectivity index (χ2v) is 5.33. The van der Waals surface area contributed by atoms with Crippen LogP contribution in [0.4, 0.5) is 11.5 Å². The molecule has 0 fully saturated rings. The third kappa shape index (κ3) is 4.48. The fourth-order valence-electron chi connectivity index (χ4n) is 1.80. The molecule has 6 heteroatoms. The fourth-order valence-corrected chi connectivity index (χ4v) is 1.80. The molecule has 0 aliphatic carbocycles. The van der Waals surface area contributed by atoms with Gasteiger partial charge < -0.3 is 10.2 Å². The van der Waals surface area contributed by atoms with Gasteiger partial charge in [0.1, 0.15) is 0 Å². The summed E-state index contributed by atoms with van der Waals surface area (Å²) in [5, 5.41) is 14.2. The molecule has 1 rings (SSSR count). The minimum atomic E-state index is -0.401. The van der Waals surface area contributed by atoms with Gasteiger partial charge in [-0.15, -0.1) is 0 Å². The van der Waals surface area contributed by atoms with Crippen LogP contribution in [0.2, 0.25) is 0 Å². The minimum absolute atomic E-state index is 0.0232. The summed E-state index contributed by atoms with van der Waals surface area (Å²) in [6.45, 7) is 6.79. The first-order chi connectivity index (χ1) is 8.81. The Morgan fingerprint density at radius 1 is 1.42 bits per heavy atom. The number of nitrogens with zero attached hydrogens (tertiary/aromatic N) is 3. The lowest BCUT2D eigenvalue weighted by Gasteiger charge is -2.26. The van der Waals surface area contributed by atoms with Gasteiger partial charge in [0.25, 0.3) is 0 Å². The molecular weight excluding hydrogens is 244 g/mol. The molecule has 6 nitrogen and oxygen atoms in total. The number of likely N-dealkylation sites (N-methyl/N-ethyl adjacent to an activating group) is 1. The van der Waals surface area contributed by atoms with E-state index in [0.29, 0.717) is 11.7 Å². The highest BCUT2D eigenvalue weighted by atomic mass is 16.6. The molecule has 1 heterocycles. The van der Waals surface area contributed by atoms with Crippen molar-refractivity contribution in [1.29, 1.82) is 0 Å². The molecule has 0 spiro atoms. The van der Waals surface area contributed by atoms with Crippen LogP contribution < -0.4 is 5.32 Å². The van der Waals surface area contributed by atoms with Crippen molar-refractivity contribution in [3.63, 3.8) is 0 Å². The molecule has 1 aromatic rings. The molecule has 106 valence electrons. The van der Waals surface area contributed by atoms with E-state index in [1.807, 2.05) is 21.0 Å². The number of hydrogen-bond donors (Lipinski definition) is 1. The largest absolute Gasteiger partial charge is 0.360 e. The second kappa shape index (κ2) is 6.47. The highest BCUT2D eigenvalue weighted by Crippen LogP contribution is 2.24. The highest BCUT2D eigenvalue weighted by molar-refractivity contribution is 5.56. The molecule has 0 saturated heterocycles. The Hall–Kier alpha value is -1.69. The Labute approximate surface area is 114 Å². The Balaban J connectivity index is 3.01. The summed E-state index contributed by atoms with van der Waals surface area (Å²) in [5.74, 6) is 0.704. The van der Waals surface area contributed by atoms with Gasteiger partial charge in [-0.3, -0.25) is 10.1 Å². The topological polar surface area (TPSA) is 71.3 Å². The van der Waals surface area contributed by atoms with Crippen LogP contribution >= 0.6 is 0 Å². The van der Waals surface area contributed by atoms with E-state index >= 15 is 0 Å². The smallest absolute Gasteiger partial charge is 0.311 e. The van der Waals surface area contributed by atoms with Gasteiger partial charge in [-0.05, 0) is 33.0 Å². The van der Waals surface area contributed by atoms with Crippen LogP contribution in [0.15, 0.2) is 12.1 Å². The first kappa shape index (κ1) is 15.4. The molecule has 1 atom stereocenters.